The van der Waals surface area contributed by atoms with E-state index in [2.05, 4.69) is 30.9 Å². The molecule has 1 rings (SSSR count). The molecule has 1 aromatic heterocycles. The molecule has 0 aliphatic rings. The lowest BCUT2D eigenvalue weighted by Crippen LogP contribution is -2.22. The van der Waals surface area contributed by atoms with Crippen molar-refractivity contribution >= 4 is 14.5 Å². The molecule has 15 heavy (non-hydrogen) atoms. The van der Waals surface area contributed by atoms with Gasteiger partial charge in [-0.05, 0) is 25.7 Å². The Morgan fingerprint density at radius 3 is 2.67 bits per heavy atom. The van der Waals surface area contributed by atoms with Gasteiger partial charge < -0.3 is 9.09 Å². The molecule has 1 aromatic rings. The highest BCUT2D eigenvalue weighted by Gasteiger charge is 2.15. The molecule has 0 aliphatic carbocycles. The van der Waals surface area contributed by atoms with E-state index in [4.69, 9.17) is 9.79 Å². The van der Waals surface area contributed by atoms with Crippen molar-refractivity contribution < 1.29 is 4.53 Å². The molecule has 0 aromatic carbocycles. The summed E-state index contributed by atoms with van der Waals surface area (Å²) < 4.78 is 7.19. The molecule has 80 valence electrons. The standard InChI is InChI=1S/C10H15N3OSi/c1-13-8-9(6-11)5-10(13)7-12-14-15(2,3)4/h5,7-8H,1-4H3. The van der Waals surface area contributed by atoms with Crippen molar-refractivity contribution in [1.29, 1.82) is 5.26 Å². The van der Waals surface area contributed by atoms with E-state index in [9.17, 15) is 0 Å². The Kier molecular flexibility index (Phi) is 3.32. The molecule has 0 saturated heterocycles. The zero-order chi connectivity index (χ0) is 11.5. The Morgan fingerprint density at radius 2 is 2.20 bits per heavy atom. The summed E-state index contributed by atoms with van der Waals surface area (Å²) in [5.74, 6) is 0. The van der Waals surface area contributed by atoms with E-state index in [1.165, 1.54) is 0 Å². The van der Waals surface area contributed by atoms with Gasteiger partial charge in [-0.15, -0.1) is 5.16 Å². The summed E-state index contributed by atoms with van der Waals surface area (Å²) in [6.45, 7) is 6.20. The number of hydrogen-bond donors (Lipinski definition) is 0. The predicted octanol–water partition coefficient (Wildman–Crippen LogP) is 2.08. The monoisotopic (exact) mass is 221 g/mol. The summed E-state index contributed by atoms with van der Waals surface area (Å²) in [6, 6.07) is 3.86. The van der Waals surface area contributed by atoms with Gasteiger partial charge in [-0.1, -0.05) is 0 Å². The molecule has 0 saturated carbocycles. The Balaban J connectivity index is 2.73. The van der Waals surface area contributed by atoms with E-state index < -0.39 is 8.32 Å². The molecule has 4 nitrogen and oxygen atoms in total. The van der Waals surface area contributed by atoms with Crippen molar-refractivity contribution in [2.75, 3.05) is 0 Å². The van der Waals surface area contributed by atoms with Gasteiger partial charge in [-0.2, -0.15) is 5.26 Å². The van der Waals surface area contributed by atoms with Gasteiger partial charge in [0.15, 0.2) is 0 Å². The third-order valence-corrected chi connectivity index (χ3v) is 2.34. The van der Waals surface area contributed by atoms with E-state index >= 15 is 0 Å². The Morgan fingerprint density at radius 1 is 1.53 bits per heavy atom. The molecular formula is C10H15N3OSi. The predicted molar refractivity (Wildman–Crippen MR) is 62.2 cm³/mol. The fourth-order valence-corrected chi connectivity index (χ4v) is 1.38. The minimum Gasteiger partial charge on any atom is -0.456 e. The first-order valence-electron chi connectivity index (χ1n) is 4.70. The van der Waals surface area contributed by atoms with Crippen molar-refractivity contribution in [2.45, 2.75) is 19.6 Å². The number of oxime groups is 1. The topological polar surface area (TPSA) is 50.3 Å². The van der Waals surface area contributed by atoms with Crippen LogP contribution in [0.5, 0.6) is 0 Å². The third-order valence-electron chi connectivity index (χ3n) is 1.68. The Labute approximate surface area is 90.9 Å². The highest BCUT2D eigenvalue weighted by Crippen LogP contribution is 2.05. The summed E-state index contributed by atoms with van der Waals surface area (Å²) in [5.41, 5.74) is 1.50. The molecule has 0 fully saturated rings. The summed E-state index contributed by atoms with van der Waals surface area (Å²) in [4.78, 5) is 0. The maximum Gasteiger partial charge on any atom is 0.278 e. The van der Waals surface area contributed by atoms with Gasteiger partial charge in [0.25, 0.3) is 8.32 Å². The van der Waals surface area contributed by atoms with Crippen LogP contribution in [-0.2, 0) is 11.6 Å². The SMILES string of the molecule is Cn1cc(C#N)cc1C=NO[Si](C)(C)C. The lowest BCUT2D eigenvalue weighted by molar-refractivity contribution is 0.338. The van der Waals surface area contributed by atoms with Gasteiger partial charge in [-0.25, -0.2) is 0 Å². The second-order valence-electron chi connectivity index (χ2n) is 4.31. The van der Waals surface area contributed by atoms with Gasteiger partial charge in [0, 0.05) is 13.2 Å². The van der Waals surface area contributed by atoms with Crippen molar-refractivity contribution in [3.63, 3.8) is 0 Å². The first kappa shape index (κ1) is 11.5. The molecule has 0 radical (unpaired) electrons. The zero-order valence-corrected chi connectivity index (χ0v) is 10.5. The maximum atomic E-state index is 8.70. The number of aromatic nitrogens is 1. The Bertz CT molecular complexity index is 409. The van der Waals surface area contributed by atoms with Gasteiger partial charge in [0.2, 0.25) is 0 Å². The summed E-state index contributed by atoms with van der Waals surface area (Å²) in [6.07, 6.45) is 3.40. The average molecular weight is 221 g/mol. The molecular weight excluding hydrogens is 206 g/mol. The molecule has 5 heteroatoms. The van der Waals surface area contributed by atoms with Crippen LogP contribution in [0.1, 0.15) is 11.3 Å². The van der Waals surface area contributed by atoms with Crippen LogP contribution in [0.25, 0.3) is 0 Å². The third kappa shape index (κ3) is 3.60. The van der Waals surface area contributed by atoms with E-state index in [0.717, 1.165) is 5.69 Å². The number of rotatable bonds is 3. The molecule has 0 spiro atoms. The smallest absolute Gasteiger partial charge is 0.278 e. The molecule has 1 heterocycles. The van der Waals surface area contributed by atoms with Crippen molar-refractivity contribution in [3.8, 4) is 6.07 Å². The zero-order valence-electron chi connectivity index (χ0n) is 9.48. The quantitative estimate of drug-likeness (QED) is 0.446. The summed E-state index contributed by atoms with van der Waals surface area (Å²) in [7, 11) is 0.270. The summed E-state index contributed by atoms with van der Waals surface area (Å²) >= 11 is 0. The second-order valence-corrected chi connectivity index (χ2v) is 8.72. The number of aryl methyl sites for hydroxylation is 1. The molecule has 0 N–H and O–H groups in total. The number of hydrogen-bond acceptors (Lipinski definition) is 3. The van der Waals surface area contributed by atoms with Gasteiger partial charge in [0.05, 0.1) is 17.5 Å². The molecule has 0 amide bonds. The average Bonchev–Trinajstić information content (AvgIpc) is 2.45. The lowest BCUT2D eigenvalue weighted by Gasteiger charge is -2.11. The molecule has 0 atom stereocenters. The summed E-state index contributed by atoms with van der Waals surface area (Å²) in [5, 5.41) is 12.6. The second kappa shape index (κ2) is 4.32. The minimum atomic E-state index is -1.60. The van der Waals surface area contributed by atoms with Crippen LogP contribution >= 0.6 is 0 Å². The highest BCUT2D eigenvalue weighted by atomic mass is 28.4. The van der Waals surface area contributed by atoms with E-state index in [0.29, 0.717) is 5.56 Å². The molecule has 0 bridgehead atoms. The van der Waals surface area contributed by atoms with Gasteiger partial charge >= 0.3 is 0 Å². The van der Waals surface area contributed by atoms with E-state index in [-0.39, 0.29) is 0 Å². The normalized spacial score (nSPS) is 11.7. The highest BCUT2D eigenvalue weighted by molar-refractivity contribution is 6.69. The molecule has 0 unspecified atom stereocenters. The fraction of sp³-hybridized carbons (Fsp3) is 0.400. The molecule has 0 aliphatic heterocycles. The van der Waals surface area contributed by atoms with Gasteiger partial charge in [-0.3, -0.25) is 0 Å². The van der Waals surface area contributed by atoms with Crippen LogP contribution in [0.15, 0.2) is 17.4 Å². The van der Waals surface area contributed by atoms with Crippen LogP contribution in [-0.4, -0.2) is 19.1 Å². The van der Waals surface area contributed by atoms with Gasteiger partial charge in [0.1, 0.15) is 6.07 Å². The number of nitrogens with zero attached hydrogens (tertiary/aromatic N) is 3. The van der Waals surface area contributed by atoms with E-state index in [1.54, 1.807) is 18.5 Å². The van der Waals surface area contributed by atoms with Crippen LogP contribution in [0.3, 0.4) is 0 Å². The number of nitriles is 1. The van der Waals surface area contributed by atoms with Crippen molar-refractivity contribution in [3.05, 3.63) is 23.5 Å². The fourth-order valence-electron chi connectivity index (χ4n) is 1.01. The van der Waals surface area contributed by atoms with Crippen molar-refractivity contribution in [2.24, 2.45) is 12.2 Å². The first-order valence-corrected chi connectivity index (χ1v) is 8.11. The maximum absolute atomic E-state index is 8.70. The van der Waals surface area contributed by atoms with Crippen LogP contribution in [0, 0.1) is 11.3 Å². The van der Waals surface area contributed by atoms with Crippen molar-refractivity contribution in [1.82, 2.24) is 4.57 Å². The van der Waals surface area contributed by atoms with E-state index in [1.807, 2.05) is 11.6 Å². The van der Waals surface area contributed by atoms with Crippen LogP contribution < -0.4 is 0 Å². The lowest BCUT2D eigenvalue weighted by atomic mass is 10.3. The minimum absolute atomic E-state index is 0.631. The first-order chi connectivity index (χ1) is 6.92. The van der Waals surface area contributed by atoms with Crippen LogP contribution in [0.4, 0.5) is 0 Å². The Hall–Kier alpha value is -1.54. The largest absolute Gasteiger partial charge is 0.456 e. The van der Waals surface area contributed by atoms with Crippen LogP contribution in [0.2, 0.25) is 19.6 Å².